The minimum absolute atomic E-state index is 0.0311. The van der Waals surface area contributed by atoms with Crippen molar-refractivity contribution < 1.29 is 9.53 Å². The zero-order valence-corrected chi connectivity index (χ0v) is 13.2. The highest BCUT2D eigenvalue weighted by atomic mass is 35.5. The van der Waals surface area contributed by atoms with Crippen molar-refractivity contribution in [3.8, 4) is 0 Å². The van der Waals surface area contributed by atoms with Gasteiger partial charge in [-0.2, -0.15) is 0 Å². The van der Waals surface area contributed by atoms with Gasteiger partial charge in [0.1, 0.15) is 11.3 Å². The van der Waals surface area contributed by atoms with Crippen LogP contribution in [0.3, 0.4) is 0 Å². The first-order valence-electron chi connectivity index (χ1n) is 6.62. The number of amides is 1. The zero-order chi connectivity index (χ0) is 15.2. The van der Waals surface area contributed by atoms with Gasteiger partial charge in [-0.25, -0.2) is 4.98 Å². The molecule has 1 amide bonds. The van der Waals surface area contributed by atoms with Crippen LogP contribution in [-0.2, 0) is 22.0 Å². The van der Waals surface area contributed by atoms with E-state index in [-0.39, 0.29) is 11.8 Å². The molecule has 1 heterocycles. The SMILES string of the molecule is COCCNC(=O)CCn1c(CCl)nc2c(Cl)cccc21. The molecule has 0 saturated heterocycles. The smallest absolute Gasteiger partial charge is 0.221 e. The lowest BCUT2D eigenvalue weighted by Gasteiger charge is -2.08. The van der Waals surface area contributed by atoms with Crippen LogP contribution in [-0.4, -0.2) is 35.7 Å². The highest BCUT2D eigenvalue weighted by molar-refractivity contribution is 6.35. The van der Waals surface area contributed by atoms with E-state index in [0.29, 0.717) is 37.0 Å². The Bertz CT molecular complexity index is 628. The Hall–Kier alpha value is -1.30. The average Bonchev–Trinajstić information content (AvgIpc) is 2.85. The summed E-state index contributed by atoms with van der Waals surface area (Å²) < 4.78 is 6.82. The number of carbonyl (C=O) groups is 1. The molecule has 7 heteroatoms. The van der Waals surface area contributed by atoms with E-state index in [1.54, 1.807) is 13.2 Å². The Morgan fingerprint density at radius 3 is 3.00 bits per heavy atom. The summed E-state index contributed by atoms with van der Waals surface area (Å²) in [4.78, 5) is 16.2. The summed E-state index contributed by atoms with van der Waals surface area (Å²) in [5.41, 5.74) is 1.61. The molecule has 5 nitrogen and oxygen atoms in total. The topological polar surface area (TPSA) is 56.1 Å². The van der Waals surface area contributed by atoms with Gasteiger partial charge in [-0.1, -0.05) is 17.7 Å². The van der Waals surface area contributed by atoms with Crippen LogP contribution >= 0.6 is 23.2 Å². The number of hydrogen-bond donors (Lipinski definition) is 1. The molecule has 1 aromatic heterocycles. The maximum absolute atomic E-state index is 11.8. The van der Waals surface area contributed by atoms with Crippen molar-refractivity contribution in [2.75, 3.05) is 20.3 Å². The van der Waals surface area contributed by atoms with Gasteiger partial charge in [-0.15, -0.1) is 11.6 Å². The number of hydrogen-bond acceptors (Lipinski definition) is 3. The molecule has 0 fully saturated rings. The summed E-state index contributed by atoms with van der Waals surface area (Å²) in [6.45, 7) is 1.52. The fourth-order valence-electron chi connectivity index (χ4n) is 2.11. The van der Waals surface area contributed by atoms with Crippen molar-refractivity contribution in [2.45, 2.75) is 18.8 Å². The number of aromatic nitrogens is 2. The Morgan fingerprint density at radius 2 is 2.29 bits per heavy atom. The molecule has 21 heavy (non-hydrogen) atoms. The highest BCUT2D eigenvalue weighted by Crippen LogP contribution is 2.24. The fourth-order valence-corrected chi connectivity index (χ4v) is 2.52. The number of ether oxygens (including phenoxy) is 1. The number of nitrogens with zero attached hydrogens (tertiary/aromatic N) is 2. The van der Waals surface area contributed by atoms with Crippen molar-refractivity contribution >= 4 is 40.1 Å². The zero-order valence-electron chi connectivity index (χ0n) is 11.7. The van der Waals surface area contributed by atoms with Gasteiger partial charge in [0, 0.05) is 26.6 Å². The Balaban J connectivity index is 2.10. The second-order valence-corrected chi connectivity index (χ2v) is 5.19. The third kappa shape index (κ3) is 3.87. The van der Waals surface area contributed by atoms with Gasteiger partial charge in [-0.05, 0) is 12.1 Å². The first-order chi connectivity index (χ1) is 10.2. The molecule has 0 aliphatic heterocycles. The monoisotopic (exact) mass is 329 g/mol. The Morgan fingerprint density at radius 1 is 1.48 bits per heavy atom. The lowest BCUT2D eigenvalue weighted by Crippen LogP contribution is -2.27. The third-order valence-electron chi connectivity index (χ3n) is 3.12. The van der Waals surface area contributed by atoms with Crippen molar-refractivity contribution in [1.82, 2.24) is 14.9 Å². The van der Waals surface area contributed by atoms with E-state index in [4.69, 9.17) is 27.9 Å². The molecule has 0 aliphatic rings. The van der Waals surface area contributed by atoms with E-state index in [1.165, 1.54) is 0 Å². The number of halogens is 2. The largest absolute Gasteiger partial charge is 0.383 e. The van der Waals surface area contributed by atoms with Gasteiger partial charge in [0.25, 0.3) is 0 Å². The number of rotatable bonds is 7. The normalized spacial score (nSPS) is 11.0. The van der Waals surface area contributed by atoms with E-state index >= 15 is 0 Å². The molecule has 114 valence electrons. The summed E-state index contributed by atoms with van der Waals surface area (Å²) >= 11 is 12.1. The van der Waals surface area contributed by atoms with E-state index in [1.807, 2.05) is 16.7 Å². The third-order valence-corrected chi connectivity index (χ3v) is 3.66. The lowest BCUT2D eigenvalue weighted by atomic mass is 10.3. The quantitative estimate of drug-likeness (QED) is 0.627. The number of aryl methyl sites for hydroxylation is 1. The predicted molar refractivity (Wildman–Crippen MR) is 83.8 cm³/mol. The van der Waals surface area contributed by atoms with Crippen LogP contribution in [0.1, 0.15) is 12.2 Å². The summed E-state index contributed by atoms with van der Waals surface area (Å²) in [7, 11) is 1.60. The maximum atomic E-state index is 11.8. The Kier molecular flexibility index (Phi) is 5.85. The number of fused-ring (bicyclic) bond motifs is 1. The van der Waals surface area contributed by atoms with Gasteiger partial charge in [0.15, 0.2) is 0 Å². The van der Waals surface area contributed by atoms with Crippen LogP contribution in [0, 0.1) is 0 Å². The van der Waals surface area contributed by atoms with Crippen molar-refractivity contribution in [2.24, 2.45) is 0 Å². The van der Waals surface area contributed by atoms with Gasteiger partial charge < -0.3 is 14.6 Å². The van der Waals surface area contributed by atoms with Crippen LogP contribution in [0.25, 0.3) is 11.0 Å². The molecule has 0 bridgehead atoms. The van der Waals surface area contributed by atoms with Gasteiger partial charge >= 0.3 is 0 Å². The standard InChI is InChI=1S/C14H17Cl2N3O2/c1-21-8-6-17-13(20)5-7-19-11-4-2-3-10(16)14(11)18-12(19)9-15/h2-4H,5-9H2,1H3,(H,17,20). The maximum Gasteiger partial charge on any atom is 0.221 e. The highest BCUT2D eigenvalue weighted by Gasteiger charge is 2.13. The number of methoxy groups -OCH3 is 1. The molecule has 2 rings (SSSR count). The van der Waals surface area contributed by atoms with E-state index in [9.17, 15) is 4.79 Å². The molecule has 0 saturated carbocycles. The summed E-state index contributed by atoms with van der Waals surface area (Å²) in [6.07, 6.45) is 0.353. The van der Waals surface area contributed by atoms with Crippen LogP contribution < -0.4 is 5.32 Å². The number of imidazole rings is 1. The van der Waals surface area contributed by atoms with E-state index in [2.05, 4.69) is 10.3 Å². The molecule has 1 N–H and O–H groups in total. The minimum atomic E-state index is -0.0311. The van der Waals surface area contributed by atoms with Crippen LogP contribution in [0.5, 0.6) is 0 Å². The van der Waals surface area contributed by atoms with Gasteiger partial charge in [0.05, 0.1) is 23.0 Å². The van der Waals surface area contributed by atoms with E-state index in [0.717, 1.165) is 11.0 Å². The minimum Gasteiger partial charge on any atom is -0.383 e. The molecule has 0 atom stereocenters. The number of carbonyl (C=O) groups excluding carboxylic acids is 1. The summed E-state index contributed by atoms with van der Waals surface area (Å²) in [5.74, 6) is 0.956. The fraction of sp³-hybridized carbons (Fsp3) is 0.429. The van der Waals surface area contributed by atoms with Crippen LogP contribution in [0.15, 0.2) is 18.2 Å². The lowest BCUT2D eigenvalue weighted by molar-refractivity contribution is -0.121. The molecule has 0 spiro atoms. The second-order valence-electron chi connectivity index (χ2n) is 4.51. The number of nitrogens with one attached hydrogen (secondary N) is 1. The molecule has 1 aromatic carbocycles. The van der Waals surface area contributed by atoms with Crippen molar-refractivity contribution in [1.29, 1.82) is 0 Å². The number of alkyl halides is 1. The molecule has 2 aromatic rings. The molecular formula is C14H17Cl2N3O2. The average molecular weight is 330 g/mol. The van der Waals surface area contributed by atoms with Crippen molar-refractivity contribution in [3.05, 3.63) is 29.0 Å². The molecule has 0 unspecified atom stereocenters. The molecule has 0 aliphatic carbocycles. The molecule has 0 radical (unpaired) electrons. The van der Waals surface area contributed by atoms with Gasteiger partial charge in [0.2, 0.25) is 5.91 Å². The Labute approximate surface area is 133 Å². The summed E-state index contributed by atoms with van der Waals surface area (Å²) in [5, 5.41) is 3.37. The summed E-state index contributed by atoms with van der Waals surface area (Å²) in [6, 6.07) is 5.57. The molecular weight excluding hydrogens is 313 g/mol. The van der Waals surface area contributed by atoms with Crippen LogP contribution in [0.2, 0.25) is 5.02 Å². The number of para-hydroxylation sites is 1. The van der Waals surface area contributed by atoms with E-state index < -0.39 is 0 Å². The van der Waals surface area contributed by atoms with Gasteiger partial charge in [-0.3, -0.25) is 4.79 Å². The van der Waals surface area contributed by atoms with Crippen molar-refractivity contribution in [3.63, 3.8) is 0 Å². The van der Waals surface area contributed by atoms with Crippen LogP contribution in [0.4, 0.5) is 0 Å². The second kappa shape index (κ2) is 7.64. The predicted octanol–water partition coefficient (Wildman–Crippen LogP) is 2.58. The first-order valence-corrected chi connectivity index (χ1v) is 7.54. The number of benzene rings is 1. The first kappa shape index (κ1) is 16.1.